The van der Waals surface area contributed by atoms with Crippen LogP contribution in [0.5, 0.6) is 0 Å². The first-order chi connectivity index (χ1) is 15.0. The molecule has 2 N–H and O–H groups in total. The molecule has 7 nitrogen and oxygen atoms in total. The summed E-state index contributed by atoms with van der Waals surface area (Å²) in [6, 6.07) is -1.53. The molecule has 1 saturated heterocycles. The number of hydrogen-bond donors (Lipinski definition) is 2. The number of carbonyl (C=O) groups is 3. The molecule has 5 atom stereocenters. The lowest BCUT2D eigenvalue weighted by Gasteiger charge is -2.59. The molecule has 0 radical (unpaired) electrons. The normalized spacial score (nSPS) is 42.8. The summed E-state index contributed by atoms with van der Waals surface area (Å²) in [6.07, 6.45) is 7.56. The van der Waals surface area contributed by atoms with Crippen LogP contribution in [-0.2, 0) is 14.3 Å². The Morgan fingerprint density at radius 3 is 2.06 bits per heavy atom. The quantitative estimate of drug-likeness (QED) is 0.685. The summed E-state index contributed by atoms with van der Waals surface area (Å²) in [6.45, 7) is 7.54. The largest absolute Gasteiger partial charge is 0.480 e. The van der Waals surface area contributed by atoms with E-state index in [9.17, 15) is 19.5 Å². The number of rotatable bonds is 4. The monoisotopic (exact) mass is 446 g/mol. The van der Waals surface area contributed by atoms with E-state index in [4.69, 9.17) is 4.74 Å². The van der Waals surface area contributed by atoms with E-state index in [-0.39, 0.29) is 23.3 Å². The number of fused-ring (bicyclic) bond motifs is 2. The molecule has 6 aliphatic rings. The Balaban J connectivity index is 1.47. The number of carboxylic acid groups (broad SMARTS) is 1. The Bertz CT molecular complexity index is 782. The standard InChI is InChI=1S/C25H38N2O5/c1-13-5-17-9-18(13)19(22(29)30)27(17)21(28)20(26-23(31)32-24(2,3)4)25-10-14-6-15(11-25)8-16(7-14)12-25/h13-20H,5-12H2,1-4H3,(H,26,31)(H,29,30)/t13?,14?,15?,16?,17-,18-,19+,20-,25?/m1/s1. The third-order valence-corrected chi connectivity index (χ3v) is 9.13. The molecule has 5 aliphatic carbocycles. The highest BCUT2D eigenvalue weighted by Crippen LogP contribution is 2.62. The molecule has 2 amide bonds. The van der Waals surface area contributed by atoms with Crippen LogP contribution in [0.2, 0.25) is 0 Å². The molecule has 1 unspecified atom stereocenters. The van der Waals surface area contributed by atoms with E-state index in [1.165, 1.54) is 19.3 Å². The summed E-state index contributed by atoms with van der Waals surface area (Å²) in [5.41, 5.74) is -0.940. The van der Waals surface area contributed by atoms with Gasteiger partial charge in [0.2, 0.25) is 5.91 Å². The highest BCUT2D eigenvalue weighted by atomic mass is 16.6. The van der Waals surface area contributed by atoms with Crippen molar-refractivity contribution in [2.45, 2.75) is 103 Å². The zero-order valence-electron chi connectivity index (χ0n) is 19.8. The summed E-state index contributed by atoms with van der Waals surface area (Å²) in [7, 11) is 0. The molecule has 1 heterocycles. The molecule has 178 valence electrons. The molecule has 6 fully saturated rings. The van der Waals surface area contributed by atoms with Gasteiger partial charge in [-0.2, -0.15) is 0 Å². The average molecular weight is 447 g/mol. The third kappa shape index (κ3) is 3.60. The molecular weight excluding hydrogens is 408 g/mol. The zero-order valence-corrected chi connectivity index (χ0v) is 19.8. The minimum atomic E-state index is -0.918. The van der Waals surface area contributed by atoms with Gasteiger partial charge in [-0.1, -0.05) is 6.92 Å². The summed E-state index contributed by atoms with van der Waals surface area (Å²) >= 11 is 0. The van der Waals surface area contributed by atoms with Crippen LogP contribution < -0.4 is 5.32 Å². The topological polar surface area (TPSA) is 95.9 Å². The predicted octanol–water partition coefficient (Wildman–Crippen LogP) is 3.81. The number of piperidine rings is 1. The number of carbonyl (C=O) groups excluding carboxylic acids is 2. The zero-order chi connectivity index (χ0) is 23.0. The number of likely N-dealkylation sites (tertiary alicyclic amines) is 1. The number of nitrogens with one attached hydrogen (secondary N) is 1. The lowest BCUT2D eigenvalue weighted by Crippen LogP contribution is -2.65. The Hall–Kier alpha value is -1.79. The molecule has 5 saturated carbocycles. The number of nitrogens with zero attached hydrogens (tertiary/aromatic N) is 1. The smallest absolute Gasteiger partial charge is 0.408 e. The first-order valence-corrected chi connectivity index (χ1v) is 12.5. The van der Waals surface area contributed by atoms with Crippen LogP contribution in [0, 0.1) is 35.0 Å². The van der Waals surface area contributed by atoms with Crippen molar-refractivity contribution in [3.8, 4) is 0 Å². The number of ether oxygens (including phenoxy) is 1. The molecule has 32 heavy (non-hydrogen) atoms. The average Bonchev–Trinajstić information content (AvgIpc) is 3.20. The van der Waals surface area contributed by atoms with Gasteiger partial charge in [0.1, 0.15) is 17.7 Å². The van der Waals surface area contributed by atoms with Crippen LogP contribution in [0.15, 0.2) is 0 Å². The van der Waals surface area contributed by atoms with Gasteiger partial charge in [-0.05, 0) is 102 Å². The minimum Gasteiger partial charge on any atom is -0.480 e. The molecule has 1 aliphatic heterocycles. The first kappa shape index (κ1) is 22.0. The molecule has 0 aromatic rings. The maximum atomic E-state index is 14.2. The third-order valence-electron chi connectivity index (χ3n) is 9.13. The summed E-state index contributed by atoms with van der Waals surface area (Å²) in [5.74, 6) is 1.04. The lowest BCUT2D eigenvalue weighted by atomic mass is 9.47. The van der Waals surface area contributed by atoms with E-state index >= 15 is 0 Å². The lowest BCUT2D eigenvalue weighted by molar-refractivity contribution is -0.160. The predicted molar refractivity (Wildman–Crippen MR) is 118 cm³/mol. The van der Waals surface area contributed by atoms with Crippen molar-refractivity contribution < 1.29 is 24.2 Å². The van der Waals surface area contributed by atoms with E-state index in [2.05, 4.69) is 12.2 Å². The number of alkyl carbamates (subject to hydrolysis) is 1. The van der Waals surface area contributed by atoms with Crippen LogP contribution >= 0.6 is 0 Å². The van der Waals surface area contributed by atoms with Gasteiger partial charge in [0.15, 0.2) is 0 Å². The molecule has 6 rings (SSSR count). The summed E-state index contributed by atoms with van der Waals surface area (Å²) in [5, 5.41) is 13.0. The van der Waals surface area contributed by atoms with Crippen LogP contribution in [-0.4, -0.2) is 51.7 Å². The second-order valence-electron chi connectivity index (χ2n) is 12.7. The van der Waals surface area contributed by atoms with Crippen LogP contribution in [0.25, 0.3) is 0 Å². The van der Waals surface area contributed by atoms with Gasteiger partial charge < -0.3 is 20.1 Å². The fraction of sp³-hybridized carbons (Fsp3) is 0.880. The van der Waals surface area contributed by atoms with E-state index < -0.39 is 29.7 Å². The Morgan fingerprint density at radius 1 is 1.00 bits per heavy atom. The van der Waals surface area contributed by atoms with Gasteiger partial charge in [-0.15, -0.1) is 0 Å². The number of hydrogen-bond acceptors (Lipinski definition) is 4. The first-order valence-electron chi connectivity index (χ1n) is 12.5. The van der Waals surface area contributed by atoms with Gasteiger partial charge in [-0.3, -0.25) is 4.79 Å². The Kier molecular flexibility index (Phi) is 5.06. The van der Waals surface area contributed by atoms with Crippen LogP contribution in [0.3, 0.4) is 0 Å². The van der Waals surface area contributed by atoms with E-state index in [1.54, 1.807) is 4.90 Å². The van der Waals surface area contributed by atoms with Crippen molar-refractivity contribution in [1.82, 2.24) is 10.2 Å². The van der Waals surface area contributed by atoms with Gasteiger partial charge in [0.25, 0.3) is 0 Å². The van der Waals surface area contributed by atoms with Gasteiger partial charge in [0.05, 0.1) is 0 Å². The fourth-order valence-corrected chi connectivity index (χ4v) is 8.55. The van der Waals surface area contributed by atoms with Crippen molar-refractivity contribution in [2.24, 2.45) is 35.0 Å². The second kappa shape index (κ2) is 7.36. The number of amides is 2. The summed E-state index contributed by atoms with van der Waals surface area (Å²) in [4.78, 5) is 40.9. The van der Waals surface area contributed by atoms with Crippen LogP contribution in [0.1, 0.15) is 79.1 Å². The van der Waals surface area contributed by atoms with E-state index in [1.807, 2.05) is 20.8 Å². The number of carboxylic acids is 1. The molecule has 6 bridgehead atoms. The van der Waals surface area contributed by atoms with Crippen molar-refractivity contribution in [2.75, 3.05) is 0 Å². The minimum absolute atomic E-state index is 0.00000963. The fourth-order valence-electron chi connectivity index (χ4n) is 8.55. The molecule has 0 aromatic carbocycles. The van der Waals surface area contributed by atoms with Crippen molar-refractivity contribution in [3.05, 3.63) is 0 Å². The highest BCUT2D eigenvalue weighted by molar-refractivity contribution is 5.91. The summed E-state index contributed by atoms with van der Waals surface area (Å²) < 4.78 is 5.56. The molecule has 0 spiro atoms. The highest BCUT2D eigenvalue weighted by Gasteiger charge is 2.61. The second-order valence-corrected chi connectivity index (χ2v) is 12.7. The van der Waals surface area contributed by atoms with E-state index in [0.717, 1.165) is 32.1 Å². The van der Waals surface area contributed by atoms with Gasteiger partial charge in [-0.25, -0.2) is 9.59 Å². The van der Waals surface area contributed by atoms with Gasteiger partial charge in [0, 0.05) is 11.5 Å². The van der Waals surface area contributed by atoms with Crippen molar-refractivity contribution in [1.29, 1.82) is 0 Å². The van der Waals surface area contributed by atoms with Gasteiger partial charge >= 0.3 is 12.1 Å². The Morgan fingerprint density at radius 2 is 1.56 bits per heavy atom. The van der Waals surface area contributed by atoms with Crippen LogP contribution in [0.4, 0.5) is 4.79 Å². The molecular formula is C25H38N2O5. The maximum absolute atomic E-state index is 14.2. The molecule has 7 heteroatoms. The maximum Gasteiger partial charge on any atom is 0.408 e. The van der Waals surface area contributed by atoms with Crippen molar-refractivity contribution in [3.63, 3.8) is 0 Å². The number of aliphatic carboxylic acids is 1. The van der Waals surface area contributed by atoms with E-state index in [0.29, 0.717) is 23.7 Å². The Labute approximate surface area is 190 Å². The van der Waals surface area contributed by atoms with Crippen molar-refractivity contribution >= 4 is 18.0 Å². The molecule has 0 aromatic heterocycles. The SMILES string of the molecule is CC1C[C@@H]2C[C@H]1[C@@H](C(=O)O)N2C(=O)[C@@H](NC(=O)OC(C)(C)C)C12CC3CC(CC(C3)C1)C2.